The molecule has 5 nitrogen and oxygen atoms in total. The van der Waals surface area contributed by atoms with E-state index >= 15 is 0 Å². The number of halogens is 2. The number of nitrogens with one attached hydrogen (secondary N) is 1. The lowest BCUT2D eigenvalue weighted by Gasteiger charge is -2.24. The number of benzene rings is 1. The van der Waals surface area contributed by atoms with E-state index in [-0.39, 0.29) is 19.0 Å². The maximum Gasteiger partial charge on any atom is 0.260 e. The SMILES string of the molecule is O=C(NCc1ccco1)C1CCCN1C(=O)c1c(F)cccc1F. The first-order valence-corrected chi connectivity index (χ1v) is 7.63. The fourth-order valence-electron chi connectivity index (χ4n) is 2.83. The number of carbonyl (C=O) groups excluding carboxylic acids is 2. The van der Waals surface area contributed by atoms with Gasteiger partial charge in [-0.25, -0.2) is 8.78 Å². The van der Waals surface area contributed by atoms with E-state index in [1.807, 2.05) is 0 Å². The second-order valence-electron chi connectivity index (χ2n) is 5.55. The third-order valence-corrected chi connectivity index (χ3v) is 4.01. The third-order valence-electron chi connectivity index (χ3n) is 4.01. The molecule has 126 valence electrons. The van der Waals surface area contributed by atoms with E-state index in [0.29, 0.717) is 18.6 Å². The van der Waals surface area contributed by atoms with Gasteiger partial charge in [-0.15, -0.1) is 0 Å². The van der Waals surface area contributed by atoms with E-state index in [1.54, 1.807) is 12.1 Å². The molecular weight excluding hydrogens is 318 g/mol. The van der Waals surface area contributed by atoms with Crippen LogP contribution in [0.3, 0.4) is 0 Å². The molecule has 1 N–H and O–H groups in total. The topological polar surface area (TPSA) is 62.6 Å². The Labute approximate surface area is 137 Å². The lowest BCUT2D eigenvalue weighted by atomic mass is 10.1. The van der Waals surface area contributed by atoms with Gasteiger partial charge in [-0.1, -0.05) is 6.07 Å². The molecule has 2 amide bonds. The van der Waals surface area contributed by atoms with E-state index < -0.39 is 29.1 Å². The summed E-state index contributed by atoms with van der Waals surface area (Å²) in [4.78, 5) is 26.0. The molecule has 0 aliphatic carbocycles. The lowest BCUT2D eigenvalue weighted by molar-refractivity contribution is -0.125. The van der Waals surface area contributed by atoms with Gasteiger partial charge in [0.15, 0.2) is 0 Å². The molecule has 0 bridgehead atoms. The molecule has 0 spiro atoms. The highest BCUT2D eigenvalue weighted by molar-refractivity contribution is 5.98. The molecule has 1 saturated heterocycles. The van der Waals surface area contributed by atoms with Crippen LogP contribution in [0.4, 0.5) is 8.78 Å². The number of hydrogen-bond acceptors (Lipinski definition) is 3. The van der Waals surface area contributed by atoms with Gasteiger partial charge in [0.25, 0.3) is 5.91 Å². The van der Waals surface area contributed by atoms with Crippen LogP contribution in [-0.4, -0.2) is 29.3 Å². The average Bonchev–Trinajstić information content (AvgIpc) is 3.23. The number of hydrogen-bond donors (Lipinski definition) is 1. The zero-order valence-corrected chi connectivity index (χ0v) is 12.8. The van der Waals surface area contributed by atoms with Gasteiger partial charge in [0.1, 0.15) is 29.0 Å². The van der Waals surface area contributed by atoms with Crippen LogP contribution in [-0.2, 0) is 11.3 Å². The van der Waals surface area contributed by atoms with Crippen LogP contribution in [0.5, 0.6) is 0 Å². The number of likely N-dealkylation sites (tertiary alicyclic amines) is 1. The lowest BCUT2D eigenvalue weighted by Crippen LogP contribution is -2.46. The Morgan fingerprint density at radius 3 is 2.62 bits per heavy atom. The standard InChI is InChI=1S/C17H16F2N2O3/c18-12-5-1-6-13(19)15(12)17(23)21-8-2-7-14(21)16(22)20-10-11-4-3-9-24-11/h1,3-6,9,14H,2,7-8,10H2,(H,20,22). The third kappa shape index (κ3) is 3.15. The van der Waals surface area contributed by atoms with Crippen molar-refractivity contribution in [2.45, 2.75) is 25.4 Å². The summed E-state index contributed by atoms with van der Waals surface area (Å²) >= 11 is 0. The van der Waals surface area contributed by atoms with E-state index in [0.717, 1.165) is 12.1 Å². The molecule has 2 heterocycles. The van der Waals surface area contributed by atoms with Crippen LogP contribution < -0.4 is 5.32 Å². The van der Waals surface area contributed by atoms with Crippen LogP contribution in [0, 0.1) is 11.6 Å². The average molecular weight is 334 g/mol. The molecule has 3 rings (SSSR count). The fraction of sp³-hybridized carbons (Fsp3) is 0.294. The van der Waals surface area contributed by atoms with E-state index in [4.69, 9.17) is 4.42 Å². The molecule has 1 aliphatic rings. The molecule has 0 saturated carbocycles. The molecule has 1 aromatic carbocycles. The Morgan fingerprint density at radius 1 is 1.21 bits per heavy atom. The molecule has 2 aromatic rings. The maximum absolute atomic E-state index is 13.8. The Morgan fingerprint density at radius 2 is 1.96 bits per heavy atom. The highest BCUT2D eigenvalue weighted by Crippen LogP contribution is 2.23. The summed E-state index contributed by atoms with van der Waals surface area (Å²) in [7, 11) is 0. The van der Waals surface area contributed by atoms with Crippen LogP contribution in [0.15, 0.2) is 41.0 Å². The Hall–Kier alpha value is -2.70. The normalized spacial score (nSPS) is 17.1. The van der Waals surface area contributed by atoms with Crippen molar-refractivity contribution in [2.24, 2.45) is 0 Å². The monoisotopic (exact) mass is 334 g/mol. The predicted octanol–water partition coefficient (Wildman–Crippen LogP) is 2.48. The van der Waals surface area contributed by atoms with Crippen LogP contribution >= 0.6 is 0 Å². The summed E-state index contributed by atoms with van der Waals surface area (Å²) in [5, 5.41) is 2.68. The second-order valence-corrected chi connectivity index (χ2v) is 5.55. The fourth-order valence-corrected chi connectivity index (χ4v) is 2.83. The Kier molecular flexibility index (Phi) is 4.59. The van der Waals surface area contributed by atoms with E-state index in [2.05, 4.69) is 5.32 Å². The minimum Gasteiger partial charge on any atom is -0.467 e. The summed E-state index contributed by atoms with van der Waals surface area (Å²) in [6, 6.07) is 5.92. The highest BCUT2D eigenvalue weighted by Gasteiger charge is 2.36. The van der Waals surface area contributed by atoms with E-state index in [9.17, 15) is 18.4 Å². The number of furan rings is 1. The minimum absolute atomic E-state index is 0.193. The summed E-state index contributed by atoms with van der Waals surface area (Å²) in [6.07, 6.45) is 2.54. The van der Waals surface area contributed by atoms with Crippen molar-refractivity contribution in [1.82, 2.24) is 10.2 Å². The zero-order valence-electron chi connectivity index (χ0n) is 12.8. The van der Waals surface area contributed by atoms with Gasteiger partial charge >= 0.3 is 0 Å². The first-order chi connectivity index (χ1) is 11.6. The number of amides is 2. The Balaban J connectivity index is 1.72. The van der Waals surface area contributed by atoms with Gasteiger partial charge in [0.05, 0.1) is 12.8 Å². The van der Waals surface area contributed by atoms with Crippen molar-refractivity contribution in [2.75, 3.05) is 6.54 Å². The number of carbonyl (C=O) groups is 2. The Bertz CT molecular complexity index is 726. The highest BCUT2D eigenvalue weighted by atomic mass is 19.1. The summed E-state index contributed by atoms with van der Waals surface area (Å²) < 4.78 is 32.8. The predicted molar refractivity (Wildman–Crippen MR) is 81.0 cm³/mol. The molecule has 1 unspecified atom stereocenters. The first-order valence-electron chi connectivity index (χ1n) is 7.63. The molecule has 24 heavy (non-hydrogen) atoms. The van der Waals surface area contributed by atoms with Gasteiger partial charge in [0.2, 0.25) is 5.91 Å². The van der Waals surface area contributed by atoms with Crippen molar-refractivity contribution < 1.29 is 22.8 Å². The number of rotatable bonds is 4. The van der Waals surface area contributed by atoms with Gasteiger partial charge in [0, 0.05) is 6.54 Å². The van der Waals surface area contributed by atoms with Crippen LogP contribution in [0.1, 0.15) is 29.0 Å². The van der Waals surface area contributed by atoms with Crippen molar-refractivity contribution >= 4 is 11.8 Å². The molecular formula is C17H16F2N2O3. The zero-order chi connectivity index (χ0) is 17.1. The largest absolute Gasteiger partial charge is 0.467 e. The molecule has 1 fully saturated rings. The quantitative estimate of drug-likeness (QED) is 0.934. The van der Waals surface area contributed by atoms with Crippen LogP contribution in [0.2, 0.25) is 0 Å². The van der Waals surface area contributed by atoms with Gasteiger partial charge in [-0.2, -0.15) is 0 Å². The maximum atomic E-state index is 13.8. The summed E-state index contributed by atoms with van der Waals surface area (Å²) in [5.41, 5.74) is -0.622. The summed E-state index contributed by atoms with van der Waals surface area (Å²) in [5.74, 6) is -2.45. The van der Waals surface area contributed by atoms with Gasteiger partial charge < -0.3 is 14.6 Å². The molecule has 7 heteroatoms. The smallest absolute Gasteiger partial charge is 0.260 e. The minimum atomic E-state index is -0.929. The first kappa shape index (κ1) is 16.2. The van der Waals surface area contributed by atoms with Crippen molar-refractivity contribution in [1.29, 1.82) is 0 Å². The van der Waals surface area contributed by atoms with Crippen molar-refractivity contribution in [3.63, 3.8) is 0 Å². The van der Waals surface area contributed by atoms with E-state index in [1.165, 1.54) is 17.2 Å². The van der Waals surface area contributed by atoms with Crippen LogP contribution in [0.25, 0.3) is 0 Å². The molecule has 1 aromatic heterocycles. The van der Waals surface area contributed by atoms with Crippen molar-refractivity contribution in [3.8, 4) is 0 Å². The molecule has 0 radical (unpaired) electrons. The summed E-state index contributed by atoms with van der Waals surface area (Å²) in [6.45, 7) is 0.476. The van der Waals surface area contributed by atoms with Crippen molar-refractivity contribution in [3.05, 3.63) is 59.6 Å². The van der Waals surface area contributed by atoms with Gasteiger partial charge in [-0.3, -0.25) is 9.59 Å². The molecule has 1 aliphatic heterocycles. The number of nitrogens with zero attached hydrogens (tertiary/aromatic N) is 1. The second kappa shape index (κ2) is 6.82. The van der Waals surface area contributed by atoms with Gasteiger partial charge in [-0.05, 0) is 37.1 Å². The molecule has 1 atom stereocenters.